The topological polar surface area (TPSA) is 68.1 Å². The van der Waals surface area contributed by atoms with Crippen molar-refractivity contribution >= 4 is 17.3 Å². The zero-order chi connectivity index (χ0) is 12.4. The van der Waals surface area contributed by atoms with Gasteiger partial charge < -0.3 is 15.5 Å². The van der Waals surface area contributed by atoms with Gasteiger partial charge in [0.25, 0.3) is 0 Å². The molecule has 1 aromatic heterocycles. The van der Waals surface area contributed by atoms with Gasteiger partial charge in [-0.1, -0.05) is 11.6 Å². The quantitative estimate of drug-likeness (QED) is 0.804. The number of ether oxygens (including phenoxy) is 1. The van der Waals surface area contributed by atoms with Gasteiger partial charge in [0.2, 0.25) is 5.56 Å². The molecule has 2 aromatic rings. The van der Waals surface area contributed by atoms with Gasteiger partial charge in [0.1, 0.15) is 5.75 Å². The number of pyridine rings is 1. The Labute approximate surface area is 103 Å². The molecular formula is C12H11ClN2O2. The first kappa shape index (κ1) is 11.5. The second-order valence-electron chi connectivity index (χ2n) is 3.51. The average molecular weight is 251 g/mol. The lowest BCUT2D eigenvalue weighted by atomic mass is 10.0. The van der Waals surface area contributed by atoms with E-state index in [1.807, 2.05) is 0 Å². The number of rotatable bonds is 2. The number of nitrogen functional groups attached to an aromatic ring is 1. The first-order chi connectivity index (χ1) is 8.11. The van der Waals surface area contributed by atoms with Gasteiger partial charge in [-0.3, -0.25) is 4.79 Å². The van der Waals surface area contributed by atoms with E-state index >= 15 is 0 Å². The number of aromatic amines is 1. The standard InChI is InChI=1S/C12H11ClN2O2/c1-17-11-6-15-12(16)5-9(11)8-4-7(13)2-3-10(8)14/h2-6H,14H2,1H3,(H,15,16). The molecule has 2 rings (SSSR count). The van der Waals surface area contributed by atoms with Crippen molar-refractivity contribution in [3.63, 3.8) is 0 Å². The van der Waals surface area contributed by atoms with Crippen LogP contribution in [0.5, 0.6) is 5.75 Å². The smallest absolute Gasteiger partial charge is 0.248 e. The highest BCUT2D eigenvalue weighted by atomic mass is 35.5. The Morgan fingerprint density at radius 3 is 2.76 bits per heavy atom. The van der Waals surface area contributed by atoms with E-state index < -0.39 is 0 Å². The van der Waals surface area contributed by atoms with Gasteiger partial charge in [0.05, 0.1) is 7.11 Å². The van der Waals surface area contributed by atoms with Crippen LogP contribution in [0.2, 0.25) is 5.02 Å². The van der Waals surface area contributed by atoms with Crippen molar-refractivity contribution < 1.29 is 4.74 Å². The SMILES string of the molecule is COc1c[nH]c(=O)cc1-c1cc(Cl)ccc1N. The van der Waals surface area contributed by atoms with E-state index in [1.165, 1.54) is 19.4 Å². The van der Waals surface area contributed by atoms with E-state index in [2.05, 4.69) is 4.98 Å². The molecule has 3 N–H and O–H groups in total. The molecule has 0 amide bonds. The molecule has 0 saturated carbocycles. The molecule has 0 atom stereocenters. The highest BCUT2D eigenvalue weighted by Gasteiger charge is 2.10. The number of nitrogens with one attached hydrogen (secondary N) is 1. The number of halogens is 1. The van der Waals surface area contributed by atoms with Crippen molar-refractivity contribution in [1.29, 1.82) is 0 Å². The Bertz CT molecular complexity index is 608. The van der Waals surface area contributed by atoms with Crippen molar-refractivity contribution in [2.75, 3.05) is 12.8 Å². The normalized spacial score (nSPS) is 10.2. The predicted octanol–water partition coefficient (Wildman–Crippen LogP) is 2.29. The summed E-state index contributed by atoms with van der Waals surface area (Å²) in [7, 11) is 1.53. The van der Waals surface area contributed by atoms with Gasteiger partial charge in [-0.15, -0.1) is 0 Å². The number of methoxy groups -OCH3 is 1. The molecule has 0 unspecified atom stereocenters. The molecule has 0 saturated heterocycles. The minimum Gasteiger partial charge on any atom is -0.495 e. The Morgan fingerprint density at radius 1 is 1.29 bits per heavy atom. The third kappa shape index (κ3) is 2.26. The molecule has 0 aliphatic heterocycles. The third-order valence-electron chi connectivity index (χ3n) is 2.41. The maximum absolute atomic E-state index is 11.3. The maximum atomic E-state index is 11.3. The predicted molar refractivity (Wildman–Crippen MR) is 68.5 cm³/mol. The number of benzene rings is 1. The first-order valence-corrected chi connectivity index (χ1v) is 5.31. The second-order valence-corrected chi connectivity index (χ2v) is 3.95. The summed E-state index contributed by atoms with van der Waals surface area (Å²) < 4.78 is 5.18. The summed E-state index contributed by atoms with van der Waals surface area (Å²) in [6.45, 7) is 0. The zero-order valence-corrected chi connectivity index (χ0v) is 9.91. The minimum absolute atomic E-state index is 0.222. The van der Waals surface area contributed by atoms with Crippen LogP contribution in [0.1, 0.15) is 0 Å². The van der Waals surface area contributed by atoms with E-state index in [4.69, 9.17) is 22.1 Å². The Kier molecular flexibility index (Phi) is 3.06. The van der Waals surface area contributed by atoms with Crippen LogP contribution in [0.4, 0.5) is 5.69 Å². The van der Waals surface area contributed by atoms with Crippen molar-refractivity contribution in [2.45, 2.75) is 0 Å². The summed E-state index contributed by atoms with van der Waals surface area (Å²) in [6, 6.07) is 6.52. The van der Waals surface area contributed by atoms with E-state index in [-0.39, 0.29) is 5.56 Å². The summed E-state index contributed by atoms with van der Waals surface area (Å²) >= 11 is 5.92. The number of hydrogen-bond donors (Lipinski definition) is 2. The molecule has 4 nitrogen and oxygen atoms in total. The average Bonchev–Trinajstić information content (AvgIpc) is 2.32. The lowest BCUT2D eigenvalue weighted by Gasteiger charge is -2.10. The molecule has 1 heterocycles. The Hall–Kier alpha value is -1.94. The monoisotopic (exact) mass is 250 g/mol. The fourth-order valence-corrected chi connectivity index (χ4v) is 1.77. The molecular weight excluding hydrogens is 240 g/mol. The van der Waals surface area contributed by atoms with Gasteiger partial charge in [-0.05, 0) is 18.2 Å². The summed E-state index contributed by atoms with van der Waals surface area (Å²) in [5.74, 6) is 0.540. The van der Waals surface area contributed by atoms with Crippen LogP contribution in [0.15, 0.2) is 35.3 Å². The lowest BCUT2D eigenvalue weighted by molar-refractivity contribution is 0.414. The lowest BCUT2D eigenvalue weighted by Crippen LogP contribution is -2.05. The molecule has 5 heteroatoms. The van der Waals surface area contributed by atoms with Crippen LogP contribution >= 0.6 is 11.6 Å². The van der Waals surface area contributed by atoms with Gasteiger partial charge in [-0.25, -0.2) is 0 Å². The second kappa shape index (κ2) is 4.51. The summed E-state index contributed by atoms with van der Waals surface area (Å²) in [4.78, 5) is 13.9. The van der Waals surface area contributed by atoms with E-state index in [0.717, 1.165) is 0 Å². The van der Waals surface area contributed by atoms with Gasteiger partial charge >= 0.3 is 0 Å². The molecule has 17 heavy (non-hydrogen) atoms. The first-order valence-electron chi connectivity index (χ1n) is 4.94. The van der Waals surface area contributed by atoms with Crippen LogP contribution < -0.4 is 16.0 Å². The Morgan fingerprint density at radius 2 is 2.06 bits per heavy atom. The molecule has 0 aliphatic carbocycles. The summed E-state index contributed by atoms with van der Waals surface area (Å²) in [6.07, 6.45) is 1.50. The number of H-pyrrole nitrogens is 1. The number of anilines is 1. The van der Waals surface area contributed by atoms with Crippen molar-refractivity contribution in [3.8, 4) is 16.9 Å². The Balaban J connectivity index is 2.70. The fourth-order valence-electron chi connectivity index (χ4n) is 1.60. The summed E-state index contributed by atoms with van der Waals surface area (Å²) in [5, 5.41) is 0.552. The van der Waals surface area contributed by atoms with Crippen LogP contribution in [-0.4, -0.2) is 12.1 Å². The van der Waals surface area contributed by atoms with Gasteiger partial charge in [-0.2, -0.15) is 0 Å². The van der Waals surface area contributed by atoms with Crippen LogP contribution in [0, 0.1) is 0 Å². The van der Waals surface area contributed by atoms with Crippen molar-refractivity contribution in [1.82, 2.24) is 4.98 Å². The number of hydrogen-bond acceptors (Lipinski definition) is 3. The molecule has 0 fully saturated rings. The molecule has 0 radical (unpaired) electrons. The maximum Gasteiger partial charge on any atom is 0.248 e. The van der Waals surface area contributed by atoms with Crippen LogP contribution in [0.25, 0.3) is 11.1 Å². The van der Waals surface area contributed by atoms with Crippen molar-refractivity contribution in [2.24, 2.45) is 0 Å². The molecule has 88 valence electrons. The largest absolute Gasteiger partial charge is 0.495 e. The zero-order valence-electron chi connectivity index (χ0n) is 9.16. The third-order valence-corrected chi connectivity index (χ3v) is 2.65. The number of nitrogens with two attached hydrogens (primary N) is 1. The van der Waals surface area contributed by atoms with E-state index in [9.17, 15) is 4.79 Å². The van der Waals surface area contributed by atoms with Crippen molar-refractivity contribution in [3.05, 3.63) is 45.8 Å². The van der Waals surface area contributed by atoms with Gasteiger partial charge in [0.15, 0.2) is 0 Å². The summed E-state index contributed by atoms with van der Waals surface area (Å²) in [5.41, 5.74) is 7.49. The highest BCUT2D eigenvalue weighted by Crippen LogP contribution is 2.33. The number of aromatic nitrogens is 1. The van der Waals surface area contributed by atoms with E-state index in [1.54, 1.807) is 18.2 Å². The molecule has 0 bridgehead atoms. The minimum atomic E-state index is -0.222. The molecule has 1 aromatic carbocycles. The molecule has 0 spiro atoms. The molecule has 0 aliphatic rings. The fraction of sp³-hybridized carbons (Fsp3) is 0.0833. The van der Waals surface area contributed by atoms with E-state index in [0.29, 0.717) is 27.6 Å². The van der Waals surface area contributed by atoms with Crippen LogP contribution in [0.3, 0.4) is 0 Å². The van der Waals surface area contributed by atoms with Crippen LogP contribution in [-0.2, 0) is 0 Å². The van der Waals surface area contributed by atoms with Gasteiger partial charge in [0, 0.05) is 34.1 Å². The highest BCUT2D eigenvalue weighted by molar-refractivity contribution is 6.31.